The van der Waals surface area contributed by atoms with Gasteiger partial charge in [-0.05, 0) is 35.2 Å². The summed E-state index contributed by atoms with van der Waals surface area (Å²) in [5.41, 5.74) is 3.94. The number of hydrogen-bond donors (Lipinski definition) is 0. The lowest BCUT2D eigenvalue weighted by atomic mass is 9.91. The van der Waals surface area contributed by atoms with E-state index in [4.69, 9.17) is 4.74 Å². The fraction of sp³-hybridized carbons (Fsp3) is 0.176. The summed E-state index contributed by atoms with van der Waals surface area (Å²) in [4.78, 5) is 15.2. The fourth-order valence-electron chi connectivity index (χ4n) is 2.23. The lowest BCUT2D eigenvalue weighted by Crippen LogP contribution is -2.08. The number of ether oxygens (including phenoxy) is 1. The van der Waals surface area contributed by atoms with Crippen molar-refractivity contribution in [3.8, 4) is 11.1 Å². The van der Waals surface area contributed by atoms with Crippen molar-refractivity contribution < 1.29 is 13.9 Å². The fourth-order valence-corrected chi connectivity index (χ4v) is 2.23. The van der Waals surface area contributed by atoms with Crippen LogP contribution < -0.4 is 0 Å². The number of nitrogens with zero attached hydrogens (tertiary/aromatic N) is 1. The Labute approximate surface area is 123 Å². The third-order valence-corrected chi connectivity index (χ3v) is 3.22. The highest BCUT2D eigenvalue weighted by molar-refractivity contribution is 5.83. The number of esters is 1. The molecule has 0 amide bonds. The van der Waals surface area contributed by atoms with Crippen LogP contribution in [0.5, 0.6) is 0 Å². The number of methoxy groups -OCH3 is 1. The van der Waals surface area contributed by atoms with Crippen LogP contribution in [0.15, 0.2) is 43.1 Å². The molecule has 108 valence electrons. The van der Waals surface area contributed by atoms with E-state index in [0.717, 1.165) is 22.3 Å². The Balaban J connectivity index is 2.62. The van der Waals surface area contributed by atoms with Crippen LogP contribution in [0.4, 0.5) is 4.39 Å². The predicted molar refractivity (Wildman–Crippen MR) is 80.1 cm³/mol. The van der Waals surface area contributed by atoms with Crippen molar-refractivity contribution in [3.63, 3.8) is 0 Å². The standard InChI is InChI=1S/C17H16FNO2/c1-11(2)13-5-4-6-14(15(13)10-17(20)21-3)12-7-8-19-16(18)9-12/h4-9H,1,10H2,2-3H3. The van der Waals surface area contributed by atoms with Crippen molar-refractivity contribution in [1.82, 2.24) is 4.98 Å². The van der Waals surface area contributed by atoms with Gasteiger partial charge in [-0.3, -0.25) is 4.79 Å². The molecule has 1 aromatic heterocycles. The zero-order chi connectivity index (χ0) is 15.4. The normalized spacial score (nSPS) is 10.2. The van der Waals surface area contributed by atoms with E-state index >= 15 is 0 Å². The van der Waals surface area contributed by atoms with Crippen LogP contribution in [0, 0.1) is 5.95 Å². The Bertz CT molecular complexity index is 695. The average Bonchev–Trinajstić information content (AvgIpc) is 2.47. The van der Waals surface area contributed by atoms with Gasteiger partial charge in [0.15, 0.2) is 0 Å². The van der Waals surface area contributed by atoms with E-state index in [2.05, 4.69) is 11.6 Å². The molecule has 0 saturated heterocycles. The van der Waals surface area contributed by atoms with Gasteiger partial charge in [0, 0.05) is 12.3 Å². The van der Waals surface area contributed by atoms with E-state index in [1.807, 2.05) is 25.1 Å². The summed E-state index contributed by atoms with van der Waals surface area (Å²) >= 11 is 0. The molecule has 1 heterocycles. The first-order valence-corrected chi connectivity index (χ1v) is 6.49. The van der Waals surface area contributed by atoms with Crippen LogP contribution in [0.2, 0.25) is 0 Å². The summed E-state index contributed by atoms with van der Waals surface area (Å²) in [5.74, 6) is -0.906. The lowest BCUT2D eigenvalue weighted by molar-refractivity contribution is -0.139. The van der Waals surface area contributed by atoms with Crippen molar-refractivity contribution in [2.24, 2.45) is 0 Å². The summed E-state index contributed by atoms with van der Waals surface area (Å²) in [6.45, 7) is 5.80. The number of pyridine rings is 1. The Kier molecular flexibility index (Phi) is 4.48. The van der Waals surface area contributed by atoms with Crippen molar-refractivity contribution in [1.29, 1.82) is 0 Å². The van der Waals surface area contributed by atoms with Crippen molar-refractivity contribution in [2.75, 3.05) is 7.11 Å². The van der Waals surface area contributed by atoms with Crippen LogP contribution in [0.3, 0.4) is 0 Å². The van der Waals surface area contributed by atoms with Crippen molar-refractivity contribution in [3.05, 3.63) is 60.2 Å². The van der Waals surface area contributed by atoms with E-state index in [1.54, 1.807) is 6.07 Å². The number of rotatable bonds is 4. The first-order chi connectivity index (χ1) is 10.0. The SMILES string of the molecule is C=C(C)c1cccc(-c2ccnc(F)c2)c1CC(=O)OC. The first kappa shape index (κ1) is 14.9. The molecule has 21 heavy (non-hydrogen) atoms. The number of allylic oxidation sites excluding steroid dienone is 1. The molecule has 0 aliphatic rings. The molecular formula is C17H16FNO2. The maximum atomic E-state index is 13.4. The molecule has 0 bridgehead atoms. The molecule has 2 rings (SSSR count). The van der Waals surface area contributed by atoms with Crippen LogP contribution in [-0.2, 0) is 16.0 Å². The molecule has 0 radical (unpaired) electrons. The molecule has 1 aromatic carbocycles. The maximum Gasteiger partial charge on any atom is 0.310 e. The van der Waals surface area contributed by atoms with E-state index in [1.165, 1.54) is 19.4 Å². The Morgan fingerprint density at radius 2 is 2.14 bits per heavy atom. The molecule has 0 atom stereocenters. The number of hydrogen-bond acceptors (Lipinski definition) is 3. The van der Waals surface area contributed by atoms with E-state index in [0.29, 0.717) is 5.56 Å². The van der Waals surface area contributed by atoms with Gasteiger partial charge in [-0.15, -0.1) is 0 Å². The average molecular weight is 285 g/mol. The van der Waals surface area contributed by atoms with Crippen molar-refractivity contribution in [2.45, 2.75) is 13.3 Å². The third kappa shape index (κ3) is 3.34. The Morgan fingerprint density at radius 1 is 1.38 bits per heavy atom. The summed E-state index contributed by atoms with van der Waals surface area (Å²) in [7, 11) is 1.34. The van der Waals surface area contributed by atoms with Gasteiger partial charge in [0.05, 0.1) is 13.5 Å². The summed E-state index contributed by atoms with van der Waals surface area (Å²) in [5, 5.41) is 0. The molecule has 0 aliphatic carbocycles. The Morgan fingerprint density at radius 3 is 2.76 bits per heavy atom. The van der Waals surface area contributed by atoms with Crippen LogP contribution in [-0.4, -0.2) is 18.1 Å². The largest absolute Gasteiger partial charge is 0.469 e. The predicted octanol–water partition coefficient (Wildman–Crippen LogP) is 3.64. The number of benzene rings is 1. The molecule has 0 saturated carbocycles. The molecule has 0 N–H and O–H groups in total. The third-order valence-electron chi connectivity index (χ3n) is 3.22. The molecule has 2 aromatic rings. The minimum atomic E-state index is -0.558. The second-order valence-corrected chi connectivity index (χ2v) is 4.73. The number of carbonyl (C=O) groups excluding carboxylic acids is 1. The molecule has 0 spiro atoms. The Hall–Kier alpha value is -2.49. The monoisotopic (exact) mass is 285 g/mol. The van der Waals surface area contributed by atoms with Gasteiger partial charge in [-0.2, -0.15) is 4.39 Å². The highest BCUT2D eigenvalue weighted by Gasteiger charge is 2.15. The zero-order valence-corrected chi connectivity index (χ0v) is 12.0. The second-order valence-electron chi connectivity index (χ2n) is 4.73. The second kappa shape index (κ2) is 6.31. The lowest BCUT2D eigenvalue weighted by Gasteiger charge is -2.14. The van der Waals surface area contributed by atoms with Gasteiger partial charge in [0.25, 0.3) is 0 Å². The summed E-state index contributed by atoms with van der Waals surface area (Å²) in [6, 6.07) is 8.65. The van der Waals surface area contributed by atoms with Gasteiger partial charge in [-0.25, -0.2) is 4.98 Å². The number of halogens is 1. The zero-order valence-electron chi connectivity index (χ0n) is 12.0. The quantitative estimate of drug-likeness (QED) is 0.636. The van der Waals surface area contributed by atoms with E-state index in [-0.39, 0.29) is 12.4 Å². The van der Waals surface area contributed by atoms with Gasteiger partial charge < -0.3 is 4.74 Å². The first-order valence-electron chi connectivity index (χ1n) is 6.49. The highest BCUT2D eigenvalue weighted by Crippen LogP contribution is 2.30. The summed E-state index contributed by atoms with van der Waals surface area (Å²) < 4.78 is 18.1. The molecule has 0 fully saturated rings. The molecular weight excluding hydrogens is 269 g/mol. The van der Waals surface area contributed by atoms with E-state index < -0.39 is 5.95 Å². The molecule has 4 heteroatoms. The van der Waals surface area contributed by atoms with Gasteiger partial charge >= 0.3 is 5.97 Å². The van der Waals surface area contributed by atoms with Crippen LogP contribution in [0.25, 0.3) is 16.7 Å². The van der Waals surface area contributed by atoms with Gasteiger partial charge in [0.2, 0.25) is 5.95 Å². The highest BCUT2D eigenvalue weighted by atomic mass is 19.1. The van der Waals surface area contributed by atoms with Gasteiger partial charge in [-0.1, -0.05) is 30.4 Å². The van der Waals surface area contributed by atoms with Crippen LogP contribution in [0.1, 0.15) is 18.1 Å². The van der Waals surface area contributed by atoms with Gasteiger partial charge in [0.1, 0.15) is 0 Å². The van der Waals surface area contributed by atoms with E-state index in [9.17, 15) is 9.18 Å². The molecule has 0 unspecified atom stereocenters. The smallest absolute Gasteiger partial charge is 0.310 e. The summed E-state index contributed by atoms with van der Waals surface area (Å²) in [6.07, 6.45) is 1.51. The minimum Gasteiger partial charge on any atom is -0.469 e. The minimum absolute atomic E-state index is 0.110. The number of aromatic nitrogens is 1. The number of carbonyl (C=O) groups is 1. The van der Waals surface area contributed by atoms with Crippen LogP contribution >= 0.6 is 0 Å². The maximum absolute atomic E-state index is 13.4. The van der Waals surface area contributed by atoms with Crippen molar-refractivity contribution >= 4 is 11.5 Å². The topological polar surface area (TPSA) is 39.2 Å². The molecule has 0 aliphatic heterocycles. The molecule has 3 nitrogen and oxygen atoms in total.